The predicted molar refractivity (Wildman–Crippen MR) is 154 cm³/mol. The maximum atomic E-state index is 11.7. The standard InChI is InChI=1S/C20H38O10S6/c21-1-3-25-19(23)15-33-11-9-32-8-6-29-30-18-36-14-13-35-17-26-20(24)16-34-12-10-31-7-5-28-27-4-2-22/h21-22H,1-18H2. The Balaban J connectivity index is 3.17. The number of rotatable bonds is 29. The van der Waals surface area contributed by atoms with Gasteiger partial charge in [0.15, 0.2) is 0 Å². The molecule has 214 valence electrons. The van der Waals surface area contributed by atoms with Gasteiger partial charge in [-0.05, 0) is 0 Å². The third kappa shape index (κ3) is 31.0. The average molecular weight is 631 g/mol. The van der Waals surface area contributed by atoms with Crippen LogP contribution in [0.5, 0.6) is 0 Å². The van der Waals surface area contributed by atoms with Crippen molar-refractivity contribution in [3.63, 3.8) is 0 Å². The Morgan fingerprint density at radius 2 is 0.944 bits per heavy atom. The largest absolute Gasteiger partial charge is 0.463 e. The normalized spacial score (nSPS) is 11.1. The molecule has 0 saturated carbocycles. The van der Waals surface area contributed by atoms with Crippen LogP contribution in [0.4, 0.5) is 0 Å². The first kappa shape index (κ1) is 36.8. The van der Waals surface area contributed by atoms with Gasteiger partial charge in [0, 0.05) is 46.0 Å². The molecule has 0 radical (unpaired) electrons. The lowest BCUT2D eigenvalue weighted by atomic mass is 10.7. The molecule has 0 aliphatic rings. The highest BCUT2D eigenvalue weighted by Crippen LogP contribution is 2.11. The van der Waals surface area contributed by atoms with Crippen LogP contribution in [0.15, 0.2) is 0 Å². The molecule has 36 heavy (non-hydrogen) atoms. The Hall–Kier alpha value is 0.800. The summed E-state index contributed by atoms with van der Waals surface area (Å²) in [5, 5.41) is 17.1. The molecule has 0 aromatic carbocycles. The van der Waals surface area contributed by atoms with E-state index in [1.54, 1.807) is 58.8 Å². The van der Waals surface area contributed by atoms with Gasteiger partial charge in [0.25, 0.3) is 0 Å². The van der Waals surface area contributed by atoms with Gasteiger partial charge in [-0.3, -0.25) is 9.59 Å². The summed E-state index contributed by atoms with van der Waals surface area (Å²) in [7, 11) is 0. The van der Waals surface area contributed by atoms with Crippen molar-refractivity contribution in [1.82, 2.24) is 0 Å². The maximum absolute atomic E-state index is 11.7. The Labute approximate surface area is 239 Å². The first-order valence-corrected chi connectivity index (χ1v) is 18.1. The smallest absolute Gasteiger partial charge is 0.316 e. The molecule has 0 amide bonds. The molecular formula is C20H38O10S6. The molecular weight excluding hydrogens is 593 g/mol. The second-order valence-electron chi connectivity index (χ2n) is 6.15. The van der Waals surface area contributed by atoms with E-state index in [9.17, 15) is 9.59 Å². The Kier molecular flexibility index (Phi) is 32.7. The van der Waals surface area contributed by atoms with E-state index in [2.05, 4.69) is 0 Å². The van der Waals surface area contributed by atoms with Gasteiger partial charge in [0.1, 0.15) is 25.1 Å². The van der Waals surface area contributed by atoms with Gasteiger partial charge < -0.3 is 19.7 Å². The number of aliphatic hydroxyl groups excluding tert-OH is 2. The van der Waals surface area contributed by atoms with Crippen molar-refractivity contribution in [1.29, 1.82) is 0 Å². The summed E-state index contributed by atoms with van der Waals surface area (Å²) in [5.74, 6) is 7.87. The minimum atomic E-state index is -0.297. The van der Waals surface area contributed by atoms with Crippen molar-refractivity contribution in [3.8, 4) is 0 Å². The van der Waals surface area contributed by atoms with Crippen molar-refractivity contribution >= 4 is 82.5 Å². The molecule has 0 aliphatic heterocycles. The van der Waals surface area contributed by atoms with E-state index >= 15 is 0 Å². The number of thioether (sulfide) groups is 6. The first-order valence-electron chi connectivity index (χ1n) is 11.2. The van der Waals surface area contributed by atoms with Crippen LogP contribution in [0.1, 0.15) is 0 Å². The van der Waals surface area contributed by atoms with Crippen LogP contribution in [0.2, 0.25) is 0 Å². The van der Waals surface area contributed by atoms with Gasteiger partial charge in [0.05, 0.1) is 37.9 Å². The monoisotopic (exact) mass is 630 g/mol. The Bertz CT molecular complexity index is 496. The maximum Gasteiger partial charge on any atom is 0.316 e. The lowest BCUT2D eigenvalue weighted by molar-refractivity contribution is -0.293. The fourth-order valence-electron chi connectivity index (χ4n) is 1.80. The highest BCUT2D eigenvalue weighted by molar-refractivity contribution is 8.04. The zero-order chi connectivity index (χ0) is 26.4. The van der Waals surface area contributed by atoms with Crippen LogP contribution in [-0.2, 0) is 38.6 Å². The van der Waals surface area contributed by atoms with Crippen LogP contribution in [0.25, 0.3) is 0 Å². The summed E-state index contributed by atoms with van der Waals surface area (Å²) in [6, 6.07) is 0. The predicted octanol–water partition coefficient (Wildman–Crippen LogP) is 2.27. The summed E-state index contributed by atoms with van der Waals surface area (Å²) in [4.78, 5) is 42.7. The van der Waals surface area contributed by atoms with Gasteiger partial charge in [-0.2, -0.15) is 23.5 Å². The van der Waals surface area contributed by atoms with Crippen LogP contribution in [0, 0.1) is 0 Å². The summed E-state index contributed by atoms with van der Waals surface area (Å²) >= 11 is 9.69. The minimum absolute atomic E-state index is 0.0536. The molecule has 0 unspecified atom stereocenters. The number of esters is 2. The van der Waals surface area contributed by atoms with Crippen LogP contribution < -0.4 is 0 Å². The fraction of sp³-hybridized carbons (Fsp3) is 0.900. The fourth-order valence-corrected chi connectivity index (χ4v) is 6.79. The van der Waals surface area contributed by atoms with Gasteiger partial charge >= 0.3 is 11.9 Å². The van der Waals surface area contributed by atoms with Crippen LogP contribution in [0.3, 0.4) is 0 Å². The third-order valence-corrected chi connectivity index (χ3v) is 9.38. The lowest BCUT2D eigenvalue weighted by Crippen LogP contribution is -2.11. The van der Waals surface area contributed by atoms with Crippen LogP contribution >= 0.6 is 70.6 Å². The SMILES string of the molecule is O=C(CSCCSCCOOCSCCSCOC(=O)CSCCSCCOOCCO)OCCO. The topological polar surface area (TPSA) is 130 Å². The average Bonchev–Trinajstić information content (AvgIpc) is 2.88. The molecule has 0 aliphatic carbocycles. The van der Waals surface area contributed by atoms with E-state index in [0.717, 1.165) is 46.0 Å². The van der Waals surface area contributed by atoms with Crippen molar-refractivity contribution in [3.05, 3.63) is 0 Å². The van der Waals surface area contributed by atoms with Gasteiger partial charge in [-0.25, -0.2) is 19.6 Å². The Morgan fingerprint density at radius 1 is 0.472 bits per heavy atom. The second kappa shape index (κ2) is 32.0. The number of aliphatic hydroxyl groups is 2. The molecule has 0 spiro atoms. The molecule has 10 nitrogen and oxygen atoms in total. The van der Waals surface area contributed by atoms with Crippen LogP contribution in [-0.4, -0.2) is 131 Å². The van der Waals surface area contributed by atoms with Crippen molar-refractivity contribution in [2.75, 3.05) is 109 Å². The second-order valence-corrected chi connectivity index (χ2v) is 12.9. The van der Waals surface area contributed by atoms with E-state index in [-0.39, 0.29) is 38.4 Å². The number of carbonyl (C=O) groups excluding carboxylic acids is 2. The summed E-state index contributed by atoms with van der Waals surface area (Å²) < 4.78 is 9.97. The van der Waals surface area contributed by atoms with E-state index in [1.165, 1.54) is 11.8 Å². The van der Waals surface area contributed by atoms with Gasteiger partial charge in [0.2, 0.25) is 0 Å². The third-order valence-electron chi connectivity index (χ3n) is 3.31. The van der Waals surface area contributed by atoms with Crippen molar-refractivity contribution in [2.24, 2.45) is 0 Å². The highest BCUT2D eigenvalue weighted by atomic mass is 32.2. The molecule has 0 saturated heterocycles. The summed E-state index contributed by atoms with van der Waals surface area (Å²) in [5.41, 5.74) is 0. The number of ether oxygens (including phenoxy) is 2. The number of hydrogen-bond donors (Lipinski definition) is 2. The molecule has 2 N–H and O–H groups in total. The highest BCUT2D eigenvalue weighted by Gasteiger charge is 2.04. The van der Waals surface area contributed by atoms with E-state index in [4.69, 9.17) is 39.2 Å². The number of carbonyl (C=O) groups is 2. The summed E-state index contributed by atoms with van der Waals surface area (Å²) in [6.07, 6.45) is 0. The minimum Gasteiger partial charge on any atom is -0.463 e. The molecule has 16 heteroatoms. The quantitative estimate of drug-likeness (QED) is 0.0412. The van der Waals surface area contributed by atoms with Gasteiger partial charge in [-0.15, -0.1) is 47.0 Å². The van der Waals surface area contributed by atoms with Gasteiger partial charge in [-0.1, -0.05) is 0 Å². The Morgan fingerprint density at radius 3 is 1.56 bits per heavy atom. The molecule has 0 rings (SSSR count). The van der Waals surface area contributed by atoms with Crippen molar-refractivity contribution in [2.45, 2.75) is 0 Å². The van der Waals surface area contributed by atoms with E-state index in [1.807, 2.05) is 0 Å². The molecule has 0 aromatic rings. The molecule has 0 bridgehead atoms. The molecule has 0 aromatic heterocycles. The molecule has 0 heterocycles. The molecule has 0 fully saturated rings. The van der Waals surface area contributed by atoms with Crippen molar-refractivity contribution < 1.29 is 48.8 Å². The van der Waals surface area contributed by atoms with E-state index in [0.29, 0.717) is 36.6 Å². The zero-order valence-electron chi connectivity index (χ0n) is 20.3. The number of hydrogen-bond acceptors (Lipinski definition) is 16. The molecule has 0 atom stereocenters. The zero-order valence-corrected chi connectivity index (χ0v) is 25.2. The summed E-state index contributed by atoms with van der Waals surface area (Å²) in [6.45, 7) is 1.02. The van der Waals surface area contributed by atoms with E-state index < -0.39 is 0 Å². The lowest BCUT2D eigenvalue weighted by Gasteiger charge is -2.06. The first-order chi connectivity index (χ1) is 17.7.